The average molecular weight is 279 g/mol. The van der Waals surface area contributed by atoms with E-state index in [9.17, 15) is 4.79 Å². The van der Waals surface area contributed by atoms with Crippen molar-refractivity contribution in [1.29, 1.82) is 0 Å². The summed E-state index contributed by atoms with van der Waals surface area (Å²) in [5, 5.41) is 12.1. The van der Waals surface area contributed by atoms with Gasteiger partial charge in [-0.25, -0.2) is 0 Å². The number of aryl methyl sites for hydroxylation is 1. The molecule has 1 saturated carbocycles. The van der Waals surface area contributed by atoms with Crippen molar-refractivity contribution < 1.29 is 4.79 Å². The van der Waals surface area contributed by atoms with Crippen LogP contribution in [-0.4, -0.2) is 32.7 Å². The first-order valence-electron chi connectivity index (χ1n) is 7.77. The predicted molar refractivity (Wildman–Crippen MR) is 77.3 cm³/mol. The molecule has 6 heteroatoms. The number of aromatic nitrogens is 4. The van der Waals surface area contributed by atoms with Crippen LogP contribution < -0.4 is 4.90 Å². The van der Waals surface area contributed by atoms with Crippen LogP contribution in [0.15, 0.2) is 0 Å². The summed E-state index contributed by atoms with van der Waals surface area (Å²) in [4.78, 5) is 15.8. The number of nitrogens with zero attached hydrogens (tertiary/aromatic N) is 5. The largest absolute Gasteiger partial charge is 0.278 e. The Balaban J connectivity index is 2.00. The number of carbonyl (C=O) groups is 1. The number of hydrogen-bond donors (Lipinski definition) is 0. The Morgan fingerprint density at radius 1 is 1.30 bits per heavy atom. The van der Waals surface area contributed by atoms with Gasteiger partial charge >= 0.3 is 0 Å². The van der Waals surface area contributed by atoms with E-state index in [0.29, 0.717) is 12.5 Å². The molecular weight excluding hydrogens is 254 g/mol. The van der Waals surface area contributed by atoms with Gasteiger partial charge in [-0.15, -0.1) is 5.10 Å². The molecule has 1 heterocycles. The topological polar surface area (TPSA) is 63.9 Å². The van der Waals surface area contributed by atoms with Crippen LogP contribution >= 0.6 is 0 Å². The molecular formula is C14H25N5O. The third-order valence-electron chi connectivity index (χ3n) is 3.94. The third kappa shape index (κ3) is 3.77. The summed E-state index contributed by atoms with van der Waals surface area (Å²) >= 11 is 0. The SMILES string of the molecule is CCCCCCN(C(=O)C1CCCC1)c1nnn(C)n1. The van der Waals surface area contributed by atoms with Crippen LogP contribution in [0.25, 0.3) is 0 Å². The van der Waals surface area contributed by atoms with Gasteiger partial charge in [0, 0.05) is 12.5 Å². The van der Waals surface area contributed by atoms with Crippen LogP contribution in [0.1, 0.15) is 58.3 Å². The molecule has 1 aliphatic carbocycles. The van der Waals surface area contributed by atoms with Crippen molar-refractivity contribution in [2.75, 3.05) is 11.4 Å². The van der Waals surface area contributed by atoms with Crippen molar-refractivity contribution >= 4 is 11.9 Å². The molecule has 0 radical (unpaired) electrons. The number of carbonyl (C=O) groups excluding carboxylic acids is 1. The van der Waals surface area contributed by atoms with Gasteiger partial charge in [-0.05, 0) is 24.5 Å². The zero-order chi connectivity index (χ0) is 14.4. The van der Waals surface area contributed by atoms with E-state index in [4.69, 9.17) is 0 Å². The molecule has 0 bridgehead atoms. The van der Waals surface area contributed by atoms with Crippen LogP contribution in [0.2, 0.25) is 0 Å². The molecule has 1 aromatic heterocycles. The Morgan fingerprint density at radius 3 is 2.65 bits per heavy atom. The van der Waals surface area contributed by atoms with Crippen molar-refractivity contribution in [2.45, 2.75) is 58.3 Å². The van der Waals surface area contributed by atoms with E-state index >= 15 is 0 Å². The number of anilines is 1. The first-order valence-corrected chi connectivity index (χ1v) is 7.77. The van der Waals surface area contributed by atoms with Crippen LogP contribution in [0.3, 0.4) is 0 Å². The van der Waals surface area contributed by atoms with Crippen molar-refractivity contribution in [3.05, 3.63) is 0 Å². The van der Waals surface area contributed by atoms with E-state index in [1.165, 1.54) is 17.6 Å². The smallest absolute Gasteiger partial charge is 0.272 e. The van der Waals surface area contributed by atoms with E-state index in [2.05, 4.69) is 22.3 Å². The Morgan fingerprint density at radius 2 is 2.05 bits per heavy atom. The van der Waals surface area contributed by atoms with Gasteiger partial charge in [-0.3, -0.25) is 9.69 Å². The molecule has 0 atom stereocenters. The molecule has 0 aromatic carbocycles. The van der Waals surface area contributed by atoms with Gasteiger partial charge in [0.2, 0.25) is 5.91 Å². The van der Waals surface area contributed by atoms with E-state index in [-0.39, 0.29) is 11.8 Å². The van der Waals surface area contributed by atoms with Crippen LogP contribution in [0, 0.1) is 5.92 Å². The minimum absolute atomic E-state index is 0.157. The summed E-state index contributed by atoms with van der Waals surface area (Å²) < 4.78 is 0. The summed E-state index contributed by atoms with van der Waals surface area (Å²) in [7, 11) is 1.73. The van der Waals surface area contributed by atoms with E-state index in [1.807, 2.05) is 0 Å². The first-order chi connectivity index (χ1) is 9.72. The lowest BCUT2D eigenvalue weighted by Crippen LogP contribution is -2.37. The summed E-state index contributed by atoms with van der Waals surface area (Å²) in [6, 6.07) is 0. The van der Waals surface area contributed by atoms with Crippen molar-refractivity contribution in [2.24, 2.45) is 13.0 Å². The molecule has 112 valence electrons. The van der Waals surface area contributed by atoms with Crippen LogP contribution in [0.4, 0.5) is 5.95 Å². The first kappa shape index (κ1) is 14.9. The fourth-order valence-electron chi connectivity index (χ4n) is 2.78. The lowest BCUT2D eigenvalue weighted by molar-refractivity contribution is -0.122. The Hall–Kier alpha value is -1.46. The average Bonchev–Trinajstić information content (AvgIpc) is 3.09. The highest BCUT2D eigenvalue weighted by molar-refractivity contribution is 5.93. The quantitative estimate of drug-likeness (QED) is 0.718. The van der Waals surface area contributed by atoms with E-state index < -0.39 is 0 Å². The van der Waals surface area contributed by atoms with Gasteiger partial charge in [-0.1, -0.05) is 44.1 Å². The lowest BCUT2D eigenvalue weighted by Gasteiger charge is -2.21. The zero-order valence-corrected chi connectivity index (χ0v) is 12.6. The number of tetrazole rings is 1. The Kier molecular flexibility index (Phi) is 5.49. The maximum Gasteiger partial charge on any atom is 0.272 e. The second kappa shape index (κ2) is 7.36. The molecule has 20 heavy (non-hydrogen) atoms. The van der Waals surface area contributed by atoms with Gasteiger partial charge in [0.15, 0.2) is 0 Å². The lowest BCUT2D eigenvalue weighted by atomic mass is 10.1. The molecule has 0 aliphatic heterocycles. The minimum Gasteiger partial charge on any atom is -0.278 e. The van der Waals surface area contributed by atoms with Gasteiger partial charge in [0.05, 0.1) is 7.05 Å². The molecule has 1 fully saturated rings. The Labute approximate surface area is 120 Å². The maximum atomic E-state index is 12.6. The van der Waals surface area contributed by atoms with E-state index in [0.717, 1.165) is 38.5 Å². The summed E-state index contributed by atoms with van der Waals surface area (Å²) in [6.45, 7) is 2.90. The molecule has 2 rings (SSSR count). The monoisotopic (exact) mass is 279 g/mol. The van der Waals surface area contributed by atoms with E-state index in [1.54, 1.807) is 11.9 Å². The second-order valence-corrected chi connectivity index (χ2v) is 5.61. The zero-order valence-electron chi connectivity index (χ0n) is 12.6. The molecule has 0 unspecified atom stereocenters. The molecule has 1 amide bonds. The van der Waals surface area contributed by atoms with Crippen molar-refractivity contribution in [3.63, 3.8) is 0 Å². The van der Waals surface area contributed by atoms with Gasteiger partial charge < -0.3 is 0 Å². The van der Waals surface area contributed by atoms with Crippen LogP contribution in [-0.2, 0) is 11.8 Å². The molecule has 1 aromatic rings. The number of unbranched alkanes of at least 4 members (excludes halogenated alkanes) is 3. The highest BCUT2D eigenvalue weighted by Gasteiger charge is 2.29. The van der Waals surface area contributed by atoms with Gasteiger partial charge in [0.25, 0.3) is 5.95 Å². The third-order valence-corrected chi connectivity index (χ3v) is 3.94. The molecule has 6 nitrogen and oxygen atoms in total. The molecule has 0 N–H and O–H groups in total. The predicted octanol–water partition coefficient (Wildman–Crippen LogP) is 2.31. The van der Waals surface area contributed by atoms with Crippen molar-refractivity contribution in [3.8, 4) is 0 Å². The van der Waals surface area contributed by atoms with Gasteiger partial charge in [0.1, 0.15) is 0 Å². The van der Waals surface area contributed by atoms with Crippen LogP contribution in [0.5, 0.6) is 0 Å². The normalized spacial score (nSPS) is 15.7. The Bertz CT molecular complexity index is 425. The highest BCUT2D eigenvalue weighted by atomic mass is 16.2. The number of amides is 1. The highest BCUT2D eigenvalue weighted by Crippen LogP contribution is 2.27. The second-order valence-electron chi connectivity index (χ2n) is 5.61. The fourth-order valence-corrected chi connectivity index (χ4v) is 2.78. The fraction of sp³-hybridized carbons (Fsp3) is 0.857. The summed E-state index contributed by atoms with van der Waals surface area (Å²) in [6.07, 6.45) is 8.88. The molecule has 0 saturated heterocycles. The maximum absolute atomic E-state index is 12.6. The molecule has 1 aliphatic rings. The number of hydrogen-bond acceptors (Lipinski definition) is 4. The summed E-state index contributed by atoms with van der Waals surface area (Å²) in [5.41, 5.74) is 0. The standard InChI is InChI=1S/C14H25N5O/c1-3-4-5-8-11-19(14-15-17-18(2)16-14)13(20)12-9-6-7-10-12/h12H,3-11H2,1-2H3. The summed E-state index contributed by atoms with van der Waals surface area (Å²) in [5.74, 6) is 0.804. The molecule has 0 spiro atoms. The van der Waals surface area contributed by atoms with Gasteiger partial charge in [-0.2, -0.15) is 4.80 Å². The number of rotatable bonds is 7. The van der Waals surface area contributed by atoms with Crippen molar-refractivity contribution in [1.82, 2.24) is 20.2 Å². The minimum atomic E-state index is 0.157.